The van der Waals surface area contributed by atoms with E-state index in [1.807, 2.05) is 26.1 Å². The Labute approximate surface area is 124 Å². The molecule has 4 rings (SSSR count). The molecule has 0 aliphatic heterocycles. The predicted molar refractivity (Wildman–Crippen MR) is 81.6 cm³/mol. The fourth-order valence-corrected chi connectivity index (χ4v) is 2.54. The lowest BCUT2D eigenvalue weighted by Crippen LogP contribution is -2.08. The predicted octanol–water partition coefficient (Wildman–Crippen LogP) is 1.64. The van der Waals surface area contributed by atoms with Gasteiger partial charge in [0.25, 0.3) is 5.56 Å². The number of rotatable bonds is 1. The molecule has 4 heterocycles. The van der Waals surface area contributed by atoms with Crippen LogP contribution in [0.15, 0.2) is 35.4 Å². The molecule has 0 amide bonds. The lowest BCUT2D eigenvalue weighted by molar-refractivity contribution is 0.916. The van der Waals surface area contributed by atoms with Crippen molar-refractivity contribution in [3.05, 3.63) is 52.3 Å². The minimum Gasteiger partial charge on any atom is -0.267 e. The van der Waals surface area contributed by atoms with E-state index in [0.29, 0.717) is 16.6 Å². The van der Waals surface area contributed by atoms with Crippen LogP contribution in [0, 0.1) is 13.8 Å². The van der Waals surface area contributed by atoms with Gasteiger partial charge >= 0.3 is 0 Å². The second-order valence-corrected chi connectivity index (χ2v) is 5.16. The Morgan fingerprint density at radius 2 is 2.00 bits per heavy atom. The number of aromatic nitrogens is 6. The van der Waals surface area contributed by atoms with Crippen LogP contribution in [0.5, 0.6) is 0 Å². The highest BCUT2D eigenvalue weighted by molar-refractivity contribution is 5.79. The molecular formula is C15H12N6O. The standard InChI is InChI=1S/C15H12N6O/c1-8-7-21-14(9(2)17-8)5-12(20-21)11-4-3-10-13(18-11)6-16-19-15(10)22/h3-7H,1-2H3,(H,19,22). The first kappa shape index (κ1) is 12.6. The van der Waals surface area contributed by atoms with Crippen molar-refractivity contribution in [1.82, 2.24) is 29.8 Å². The van der Waals surface area contributed by atoms with Crippen LogP contribution >= 0.6 is 0 Å². The normalized spacial score (nSPS) is 11.4. The minimum absolute atomic E-state index is 0.248. The van der Waals surface area contributed by atoms with Crippen LogP contribution in [0.2, 0.25) is 0 Å². The second kappa shape index (κ2) is 4.45. The molecule has 1 N–H and O–H groups in total. The number of nitrogens with one attached hydrogen (secondary N) is 1. The molecule has 0 spiro atoms. The fourth-order valence-electron chi connectivity index (χ4n) is 2.54. The summed E-state index contributed by atoms with van der Waals surface area (Å²) in [6.07, 6.45) is 3.41. The molecule has 0 saturated carbocycles. The van der Waals surface area contributed by atoms with E-state index in [9.17, 15) is 4.79 Å². The molecule has 0 aliphatic rings. The summed E-state index contributed by atoms with van der Waals surface area (Å²) in [7, 11) is 0. The van der Waals surface area contributed by atoms with Gasteiger partial charge in [-0.15, -0.1) is 0 Å². The van der Waals surface area contributed by atoms with E-state index in [1.54, 1.807) is 16.6 Å². The SMILES string of the molecule is Cc1cn2nc(-c3ccc4c(=O)[nH]ncc4n3)cc2c(C)n1. The van der Waals surface area contributed by atoms with E-state index in [0.717, 1.165) is 22.6 Å². The molecule has 0 aromatic carbocycles. The Balaban J connectivity index is 1.95. The summed E-state index contributed by atoms with van der Waals surface area (Å²) in [5, 5.41) is 11.2. The Bertz CT molecular complexity index is 1080. The van der Waals surface area contributed by atoms with Gasteiger partial charge in [-0.05, 0) is 32.0 Å². The minimum atomic E-state index is -0.248. The van der Waals surface area contributed by atoms with Gasteiger partial charge in [-0.3, -0.25) is 9.78 Å². The summed E-state index contributed by atoms with van der Waals surface area (Å²) in [4.78, 5) is 20.6. The monoisotopic (exact) mass is 292 g/mol. The largest absolute Gasteiger partial charge is 0.273 e. The van der Waals surface area contributed by atoms with E-state index in [4.69, 9.17) is 0 Å². The number of aromatic amines is 1. The zero-order chi connectivity index (χ0) is 15.3. The van der Waals surface area contributed by atoms with Crippen molar-refractivity contribution in [3.63, 3.8) is 0 Å². The molecule has 0 fully saturated rings. The highest BCUT2D eigenvalue weighted by Gasteiger charge is 2.10. The summed E-state index contributed by atoms with van der Waals surface area (Å²) >= 11 is 0. The first-order valence-corrected chi connectivity index (χ1v) is 6.80. The Morgan fingerprint density at radius 1 is 1.14 bits per heavy atom. The maximum Gasteiger partial charge on any atom is 0.273 e. The molecule has 0 radical (unpaired) electrons. The van der Waals surface area contributed by atoms with Crippen LogP contribution in [0.4, 0.5) is 0 Å². The molecule has 0 unspecified atom stereocenters. The van der Waals surface area contributed by atoms with Crippen molar-refractivity contribution in [2.45, 2.75) is 13.8 Å². The van der Waals surface area contributed by atoms with Gasteiger partial charge < -0.3 is 0 Å². The molecular weight excluding hydrogens is 280 g/mol. The quantitative estimate of drug-likeness (QED) is 0.576. The summed E-state index contributed by atoms with van der Waals surface area (Å²) in [5.74, 6) is 0. The lowest BCUT2D eigenvalue weighted by Gasteiger charge is -1.98. The summed E-state index contributed by atoms with van der Waals surface area (Å²) in [6, 6.07) is 5.46. The molecule has 7 heteroatoms. The van der Waals surface area contributed by atoms with Gasteiger partial charge in [0.15, 0.2) is 0 Å². The Morgan fingerprint density at radius 3 is 2.86 bits per heavy atom. The van der Waals surface area contributed by atoms with Gasteiger partial charge in [-0.1, -0.05) is 0 Å². The third-order valence-corrected chi connectivity index (χ3v) is 3.54. The van der Waals surface area contributed by atoms with Gasteiger partial charge in [-0.2, -0.15) is 10.2 Å². The zero-order valence-electron chi connectivity index (χ0n) is 12.0. The van der Waals surface area contributed by atoms with Crippen molar-refractivity contribution < 1.29 is 0 Å². The summed E-state index contributed by atoms with van der Waals surface area (Å²) in [6.45, 7) is 3.88. The van der Waals surface area contributed by atoms with Crippen molar-refractivity contribution in [2.24, 2.45) is 0 Å². The van der Waals surface area contributed by atoms with Crippen LogP contribution in [0.3, 0.4) is 0 Å². The molecule has 4 aromatic rings. The second-order valence-electron chi connectivity index (χ2n) is 5.16. The first-order chi connectivity index (χ1) is 10.6. The molecule has 108 valence electrons. The number of H-pyrrole nitrogens is 1. The number of pyridine rings is 1. The lowest BCUT2D eigenvalue weighted by atomic mass is 10.2. The molecule has 7 nitrogen and oxygen atoms in total. The van der Waals surface area contributed by atoms with Gasteiger partial charge in [0.05, 0.1) is 45.9 Å². The van der Waals surface area contributed by atoms with Crippen molar-refractivity contribution in [3.8, 4) is 11.4 Å². The van der Waals surface area contributed by atoms with Gasteiger partial charge in [0.1, 0.15) is 5.69 Å². The number of hydrogen-bond acceptors (Lipinski definition) is 5. The zero-order valence-corrected chi connectivity index (χ0v) is 12.0. The van der Waals surface area contributed by atoms with Crippen LogP contribution < -0.4 is 5.56 Å². The number of hydrogen-bond donors (Lipinski definition) is 1. The topological polar surface area (TPSA) is 88.8 Å². The van der Waals surface area contributed by atoms with Crippen LogP contribution in [0.25, 0.3) is 27.8 Å². The maximum absolute atomic E-state index is 11.7. The highest BCUT2D eigenvalue weighted by Crippen LogP contribution is 2.21. The van der Waals surface area contributed by atoms with Crippen molar-refractivity contribution >= 4 is 16.4 Å². The van der Waals surface area contributed by atoms with Crippen LogP contribution in [-0.2, 0) is 0 Å². The molecule has 0 atom stereocenters. The number of nitrogens with zero attached hydrogens (tertiary/aromatic N) is 5. The molecule has 22 heavy (non-hydrogen) atoms. The molecule has 0 bridgehead atoms. The third-order valence-electron chi connectivity index (χ3n) is 3.54. The average Bonchev–Trinajstić information content (AvgIpc) is 2.91. The van der Waals surface area contributed by atoms with Crippen LogP contribution in [-0.4, -0.2) is 29.8 Å². The smallest absolute Gasteiger partial charge is 0.267 e. The number of fused-ring (bicyclic) bond motifs is 2. The molecule has 0 saturated heterocycles. The van der Waals surface area contributed by atoms with Gasteiger partial charge in [0.2, 0.25) is 0 Å². The van der Waals surface area contributed by atoms with E-state index >= 15 is 0 Å². The number of aryl methyl sites for hydroxylation is 2. The van der Waals surface area contributed by atoms with Gasteiger partial charge in [0, 0.05) is 0 Å². The van der Waals surface area contributed by atoms with E-state index < -0.39 is 0 Å². The maximum atomic E-state index is 11.7. The average molecular weight is 292 g/mol. The van der Waals surface area contributed by atoms with Gasteiger partial charge in [-0.25, -0.2) is 14.6 Å². The third kappa shape index (κ3) is 1.86. The highest BCUT2D eigenvalue weighted by atomic mass is 16.1. The molecule has 0 aliphatic carbocycles. The summed E-state index contributed by atoms with van der Waals surface area (Å²) < 4.78 is 1.80. The fraction of sp³-hybridized carbons (Fsp3) is 0.133. The first-order valence-electron chi connectivity index (χ1n) is 6.80. The van der Waals surface area contributed by atoms with E-state index in [2.05, 4.69) is 25.3 Å². The van der Waals surface area contributed by atoms with E-state index in [-0.39, 0.29) is 5.56 Å². The molecule has 4 aromatic heterocycles. The Hall–Kier alpha value is -3.09. The van der Waals surface area contributed by atoms with E-state index in [1.165, 1.54) is 6.20 Å². The Kier molecular flexibility index (Phi) is 2.56. The van der Waals surface area contributed by atoms with Crippen molar-refractivity contribution in [1.29, 1.82) is 0 Å². The van der Waals surface area contributed by atoms with Crippen molar-refractivity contribution in [2.75, 3.05) is 0 Å². The summed E-state index contributed by atoms with van der Waals surface area (Å²) in [5.41, 5.74) is 4.48. The van der Waals surface area contributed by atoms with Crippen LogP contribution in [0.1, 0.15) is 11.4 Å².